The van der Waals surface area contributed by atoms with Gasteiger partial charge in [0.1, 0.15) is 0 Å². The Morgan fingerprint density at radius 3 is 3.21 bits per heavy atom. The number of nitrogens with one attached hydrogen (secondary N) is 2. The van der Waals surface area contributed by atoms with Gasteiger partial charge in [-0.05, 0) is 31.0 Å². The van der Waals surface area contributed by atoms with Gasteiger partial charge in [-0.1, -0.05) is 18.2 Å². The quantitative estimate of drug-likeness (QED) is 0.649. The first-order chi connectivity index (χ1) is 6.86. The van der Waals surface area contributed by atoms with E-state index in [1.807, 2.05) is 0 Å². The molecule has 3 rings (SSSR count). The summed E-state index contributed by atoms with van der Waals surface area (Å²) in [6.45, 7) is 4.46. The van der Waals surface area contributed by atoms with E-state index in [1.165, 1.54) is 23.2 Å². The lowest BCUT2D eigenvalue weighted by Crippen LogP contribution is -2.40. The fourth-order valence-electron chi connectivity index (χ4n) is 2.76. The van der Waals surface area contributed by atoms with Crippen molar-refractivity contribution in [1.82, 2.24) is 5.32 Å². The Hall–Kier alpha value is -1.02. The van der Waals surface area contributed by atoms with E-state index in [1.54, 1.807) is 0 Å². The van der Waals surface area contributed by atoms with E-state index in [9.17, 15) is 0 Å². The van der Waals surface area contributed by atoms with Gasteiger partial charge in [-0.25, -0.2) is 0 Å². The van der Waals surface area contributed by atoms with Crippen LogP contribution in [-0.4, -0.2) is 19.1 Å². The predicted octanol–water partition coefficient (Wildman–Crippen LogP) is 1.87. The molecule has 74 valence electrons. The second-order valence-electron chi connectivity index (χ2n) is 4.39. The minimum absolute atomic E-state index is 0.625. The first-order valence-electron chi connectivity index (χ1n) is 5.43. The Morgan fingerprint density at radius 1 is 1.36 bits per heavy atom. The van der Waals surface area contributed by atoms with Gasteiger partial charge in [0, 0.05) is 24.2 Å². The molecule has 2 unspecified atom stereocenters. The summed E-state index contributed by atoms with van der Waals surface area (Å²) < 4.78 is 0. The minimum Gasteiger partial charge on any atom is -0.380 e. The summed E-state index contributed by atoms with van der Waals surface area (Å²) in [5, 5.41) is 7.09. The van der Waals surface area contributed by atoms with Gasteiger partial charge in [0.05, 0.1) is 0 Å². The number of anilines is 1. The van der Waals surface area contributed by atoms with Crippen molar-refractivity contribution in [3.8, 4) is 0 Å². The highest BCUT2D eigenvalue weighted by molar-refractivity contribution is 5.64. The van der Waals surface area contributed by atoms with Crippen LogP contribution in [0.5, 0.6) is 0 Å². The van der Waals surface area contributed by atoms with Gasteiger partial charge in [0.2, 0.25) is 0 Å². The Bertz CT molecular complexity index is 359. The van der Waals surface area contributed by atoms with Gasteiger partial charge in [0.25, 0.3) is 0 Å². The summed E-state index contributed by atoms with van der Waals surface area (Å²) in [7, 11) is 0. The molecule has 1 saturated heterocycles. The zero-order valence-electron chi connectivity index (χ0n) is 8.51. The van der Waals surface area contributed by atoms with E-state index >= 15 is 0 Å². The van der Waals surface area contributed by atoms with Gasteiger partial charge in [-0.15, -0.1) is 0 Å². The predicted molar refractivity (Wildman–Crippen MR) is 58.8 cm³/mol. The molecule has 0 spiro atoms. The zero-order chi connectivity index (χ0) is 9.54. The average molecular weight is 188 g/mol. The van der Waals surface area contributed by atoms with Crippen LogP contribution in [0.25, 0.3) is 0 Å². The standard InChI is InChI=1S/C12H16N2/c1-8-3-2-4-10-9-5-6-13-7-11(9)14-12(8)10/h2-4,9,11,13-14H,5-7H2,1H3. The molecule has 2 aliphatic heterocycles. The average Bonchev–Trinajstić information content (AvgIpc) is 2.59. The van der Waals surface area contributed by atoms with Crippen LogP contribution in [0.3, 0.4) is 0 Å². The molecule has 0 amide bonds. The number of piperidine rings is 1. The third-order valence-corrected chi connectivity index (χ3v) is 3.52. The molecule has 2 atom stereocenters. The van der Waals surface area contributed by atoms with Crippen molar-refractivity contribution in [3.05, 3.63) is 29.3 Å². The molecule has 0 aliphatic carbocycles. The van der Waals surface area contributed by atoms with E-state index in [0.717, 1.165) is 19.0 Å². The smallest absolute Gasteiger partial charge is 0.0455 e. The van der Waals surface area contributed by atoms with Gasteiger partial charge in [-0.2, -0.15) is 0 Å². The molecular formula is C12H16N2. The lowest BCUT2D eigenvalue weighted by Gasteiger charge is -2.26. The number of aryl methyl sites for hydroxylation is 1. The van der Waals surface area contributed by atoms with Gasteiger partial charge in [-0.3, -0.25) is 0 Å². The Labute approximate surface area is 84.7 Å². The molecule has 0 saturated carbocycles. The molecule has 14 heavy (non-hydrogen) atoms. The third-order valence-electron chi connectivity index (χ3n) is 3.52. The van der Waals surface area contributed by atoms with Gasteiger partial charge >= 0.3 is 0 Å². The van der Waals surface area contributed by atoms with Crippen molar-refractivity contribution in [3.63, 3.8) is 0 Å². The molecule has 2 nitrogen and oxygen atoms in total. The SMILES string of the molecule is Cc1cccc2c1NC1CNCCC21. The molecule has 2 aliphatic rings. The summed E-state index contributed by atoms with van der Waals surface area (Å²) >= 11 is 0. The highest BCUT2D eigenvalue weighted by Gasteiger charge is 2.34. The fourth-order valence-corrected chi connectivity index (χ4v) is 2.76. The zero-order valence-corrected chi connectivity index (χ0v) is 8.51. The first-order valence-corrected chi connectivity index (χ1v) is 5.43. The highest BCUT2D eigenvalue weighted by atomic mass is 15.0. The lowest BCUT2D eigenvalue weighted by molar-refractivity contribution is 0.439. The molecule has 2 N–H and O–H groups in total. The molecule has 1 aromatic rings. The maximum Gasteiger partial charge on any atom is 0.0455 e. The first kappa shape index (κ1) is 8.30. The minimum atomic E-state index is 0.625. The normalized spacial score (nSPS) is 29.2. The van der Waals surface area contributed by atoms with Crippen LogP contribution in [0.1, 0.15) is 23.5 Å². The summed E-state index contributed by atoms with van der Waals surface area (Å²) in [5.41, 5.74) is 4.32. The number of benzene rings is 1. The molecule has 2 heterocycles. The molecule has 0 bridgehead atoms. The van der Waals surface area contributed by atoms with Crippen LogP contribution in [0, 0.1) is 6.92 Å². The third kappa shape index (κ3) is 1.07. The van der Waals surface area contributed by atoms with Crippen molar-refractivity contribution >= 4 is 5.69 Å². The van der Waals surface area contributed by atoms with Crippen LogP contribution in [-0.2, 0) is 0 Å². The van der Waals surface area contributed by atoms with Crippen molar-refractivity contribution in [1.29, 1.82) is 0 Å². The molecule has 2 heteroatoms. The van der Waals surface area contributed by atoms with Crippen LogP contribution in [0.4, 0.5) is 5.69 Å². The molecule has 1 aromatic carbocycles. The topological polar surface area (TPSA) is 24.1 Å². The Morgan fingerprint density at radius 2 is 2.29 bits per heavy atom. The van der Waals surface area contributed by atoms with Crippen LogP contribution >= 0.6 is 0 Å². The van der Waals surface area contributed by atoms with E-state index < -0.39 is 0 Å². The maximum atomic E-state index is 3.64. The maximum absolute atomic E-state index is 3.64. The lowest BCUT2D eigenvalue weighted by atomic mass is 9.89. The molecule has 0 aromatic heterocycles. The number of hydrogen-bond donors (Lipinski definition) is 2. The summed E-state index contributed by atoms with van der Waals surface area (Å²) in [5.74, 6) is 0.742. The largest absolute Gasteiger partial charge is 0.380 e. The monoisotopic (exact) mass is 188 g/mol. The Kier molecular flexibility index (Phi) is 1.77. The van der Waals surface area contributed by atoms with Crippen LogP contribution < -0.4 is 10.6 Å². The van der Waals surface area contributed by atoms with Crippen molar-refractivity contribution in [2.45, 2.75) is 25.3 Å². The van der Waals surface area contributed by atoms with Crippen LogP contribution in [0.2, 0.25) is 0 Å². The second kappa shape index (κ2) is 2.99. The molecule has 1 fully saturated rings. The van der Waals surface area contributed by atoms with Crippen molar-refractivity contribution in [2.75, 3.05) is 18.4 Å². The number of hydrogen-bond acceptors (Lipinski definition) is 2. The van der Waals surface area contributed by atoms with E-state index in [4.69, 9.17) is 0 Å². The van der Waals surface area contributed by atoms with Crippen molar-refractivity contribution in [2.24, 2.45) is 0 Å². The van der Waals surface area contributed by atoms with Crippen LogP contribution in [0.15, 0.2) is 18.2 Å². The highest BCUT2D eigenvalue weighted by Crippen LogP contribution is 2.40. The molecular weight excluding hydrogens is 172 g/mol. The second-order valence-corrected chi connectivity index (χ2v) is 4.39. The number of rotatable bonds is 0. The van der Waals surface area contributed by atoms with E-state index in [2.05, 4.69) is 35.8 Å². The fraction of sp³-hybridized carbons (Fsp3) is 0.500. The van der Waals surface area contributed by atoms with E-state index in [0.29, 0.717) is 6.04 Å². The van der Waals surface area contributed by atoms with Crippen molar-refractivity contribution < 1.29 is 0 Å². The summed E-state index contributed by atoms with van der Waals surface area (Å²) in [6, 6.07) is 7.28. The van der Waals surface area contributed by atoms with Gasteiger partial charge in [0.15, 0.2) is 0 Å². The number of para-hydroxylation sites is 1. The van der Waals surface area contributed by atoms with E-state index in [-0.39, 0.29) is 0 Å². The molecule has 0 radical (unpaired) electrons. The summed E-state index contributed by atoms with van der Waals surface area (Å²) in [6.07, 6.45) is 1.27. The number of fused-ring (bicyclic) bond motifs is 3. The Balaban J connectivity index is 2.05. The van der Waals surface area contributed by atoms with Gasteiger partial charge < -0.3 is 10.6 Å². The summed E-state index contributed by atoms with van der Waals surface area (Å²) in [4.78, 5) is 0.